The molecule has 0 aliphatic carbocycles. The van der Waals surface area contributed by atoms with Gasteiger partial charge in [-0.05, 0) is 6.07 Å². The number of phenols is 1. The van der Waals surface area contributed by atoms with Crippen LogP contribution in [0.3, 0.4) is 0 Å². The Bertz CT molecular complexity index is 451. The van der Waals surface area contributed by atoms with Gasteiger partial charge in [0.15, 0.2) is 17.4 Å². The second-order valence-corrected chi connectivity index (χ2v) is 3.33. The van der Waals surface area contributed by atoms with Gasteiger partial charge in [0.05, 0.1) is 12.2 Å². The van der Waals surface area contributed by atoms with Crippen molar-refractivity contribution < 1.29 is 28.2 Å². The summed E-state index contributed by atoms with van der Waals surface area (Å²) in [5.41, 5.74) is -0.794. The molecule has 2 N–H and O–H groups in total. The first-order valence-electron chi connectivity index (χ1n) is 4.63. The predicted octanol–water partition coefficient (Wildman–Crippen LogP) is 0.874. The van der Waals surface area contributed by atoms with Crippen LogP contribution >= 0.6 is 0 Å². The first-order chi connectivity index (χ1) is 7.90. The zero-order valence-electron chi connectivity index (χ0n) is 8.88. The number of halogens is 3. The summed E-state index contributed by atoms with van der Waals surface area (Å²) in [5.74, 6) is -7.30. The molecule has 0 unspecified atom stereocenters. The van der Waals surface area contributed by atoms with Gasteiger partial charge < -0.3 is 15.1 Å². The Morgan fingerprint density at radius 2 is 1.94 bits per heavy atom. The van der Waals surface area contributed by atoms with Crippen molar-refractivity contribution in [2.45, 2.75) is 0 Å². The Kier molecular flexibility index (Phi) is 3.95. The quantitative estimate of drug-likeness (QED) is 0.781. The molecule has 17 heavy (non-hydrogen) atoms. The van der Waals surface area contributed by atoms with Gasteiger partial charge in [-0.3, -0.25) is 4.79 Å². The summed E-state index contributed by atoms with van der Waals surface area (Å²) in [7, 11) is 1.25. The standard InChI is InChI=1S/C10H10F3NO3/c1-14(2-3-15)10(17)5-4-6(11)8(13)9(16)7(5)12/h4,15-16H,2-3H2,1H3. The number of hydrogen-bond acceptors (Lipinski definition) is 3. The number of aromatic hydroxyl groups is 1. The Morgan fingerprint density at radius 3 is 2.47 bits per heavy atom. The highest BCUT2D eigenvalue weighted by Gasteiger charge is 2.24. The van der Waals surface area contributed by atoms with Crippen molar-refractivity contribution in [2.75, 3.05) is 20.2 Å². The van der Waals surface area contributed by atoms with E-state index in [2.05, 4.69) is 0 Å². The van der Waals surface area contributed by atoms with Crippen molar-refractivity contribution in [2.24, 2.45) is 0 Å². The highest BCUT2D eigenvalue weighted by atomic mass is 19.2. The predicted molar refractivity (Wildman–Crippen MR) is 52.0 cm³/mol. The van der Waals surface area contributed by atoms with Crippen LogP contribution in [-0.4, -0.2) is 41.2 Å². The van der Waals surface area contributed by atoms with Gasteiger partial charge in [0.2, 0.25) is 5.82 Å². The molecular weight excluding hydrogens is 239 g/mol. The van der Waals surface area contributed by atoms with E-state index in [0.29, 0.717) is 6.07 Å². The number of aliphatic hydroxyl groups is 1. The topological polar surface area (TPSA) is 60.8 Å². The monoisotopic (exact) mass is 249 g/mol. The molecular formula is C10H10F3NO3. The van der Waals surface area contributed by atoms with E-state index < -0.39 is 34.7 Å². The van der Waals surface area contributed by atoms with Gasteiger partial charge in [-0.25, -0.2) is 8.78 Å². The lowest BCUT2D eigenvalue weighted by molar-refractivity contribution is 0.0760. The van der Waals surface area contributed by atoms with E-state index in [1.807, 2.05) is 0 Å². The van der Waals surface area contributed by atoms with E-state index in [1.165, 1.54) is 7.05 Å². The number of hydrogen-bond donors (Lipinski definition) is 2. The smallest absolute Gasteiger partial charge is 0.256 e. The van der Waals surface area contributed by atoms with E-state index in [-0.39, 0.29) is 13.2 Å². The summed E-state index contributed by atoms with van der Waals surface area (Å²) in [4.78, 5) is 12.5. The summed E-state index contributed by atoms with van der Waals surface area (Å²) in [6, 6.07) is 0.362. The molecule has 0 radical (unpaired) electrons. The first kappa shape index (κ1) is 13.3. The zero-order valence-corrected chi connectivity index (χ0v) is 8.88. The van der Waals surface area contributed by atoms with Crippen LogP contribution in [0.1, 0.15) is 10.4 Å². The molecule has 94 valence electrons. The molecule has 0 bridgehead atoms. The van der Waals surface area contributed by atoms with Gasteiger partial charge in [-0.1, -0.05) is 0 Å². The first-order valence-corrected chi connectivity index (χ1v) is 4.63. The molecule has 7 heteroatoms. The number of phenolic OH excluding ortho intramolecular Hbond substituents is 1. The van der Waals surface area contributed by atoms with Crippen LogP contribution in [0.2, 0.25) is 0 Å². The van der Waals surface area contributed by atoms with E-state index >= 15 is 0 Å². The number of rotatable bonds is 3. The van der Waals surface area contributed by atoms with E-state index in [9.17, 15) is 18.0 Å². The van der Waals surface area contributed by atoms with Crippen LogP contribution in [0.15, 0.2) is 6.07 Å². The highest BCUT2D eigenvalue weighted by Crippen LogP contribution is 2.26. The van der Waals surface area contributed by atoms with E-state index in [4.69, 9.17) is 10.2 Å². The van der Waals surface area contributed by atoms with Crippen molar-refractivity contribution in [1.82, 2.24) is 4.90 Å². The minimum absolute atomic E-state index is 0.0992. The Balaban J connectivity index is 3.19. The van der Waals surface area contributed by atoms with Crippen LogP contribution in [0.25, 0.3) is 0 Å². The fourth-order valence-electron chi connectivity index (χ4n) is 1.20. The van der Waals surface area contributed by atoms with E-state index in [1.54, 1.807) is 0 Å². The van der Waals surface area contributed by atoms with Gasteiger partial charge in [-0.2, -0.15) is 4.39 Å². The molecule has 0 aliphatic rings. The lowest BCUT2D eigenvalue weighted by Gasteiger charge is -2.16. The van der Waals surface area contributed by atoms with Crippen LogP contribution in [-0.2, 0) is 0 Å². The number of carbonyl (C=O) groups is 1. The average molecular weight is 249 g/mol. The van der Waals surface area contributed by atoms with Crippen molar-refractivity contribution in [3.8, 4) is 5.75 Å². The lowest BCUT2D eigenvalue weighted by atomic mass is 10.1. The van der Waals surface area contributed by atoms with Gasteiger partial charge >= 0.3 is 0 Å². The van der Waals surface area contributed by atoms with Crippen LogP contribution in [0.5, 0.6) is 5.75 Å². The Labute approximate surface area is 94.9 Å². The molecule has 0 fully saturated rings. The molecule has 1 rings (SSSR count). The normalized spacial score (nSPS) is 10.4. The fourth-order valence-corrected chi connectivity index (χ4v) is 1.20. The molecule has 1 aromatic carbocycles. The SMILES string of the molecule is CN(CCO)C(=O)c1cc(F)c(F)c(O)c1F. The Hall–Kier alpha value is -1.76. The molecule has 1 aromatic rings. The molecule has 0 aliphatic heterocycles. The number of nitrogens with zero attached hydrogens (tertiary/aromatic N) is 1. The van der Waals surface area contributed by atoms with Crippen LogP contribution in [0, 0.1) is 17.5 Å². The second-order valence-electron chi connectivity index (χ2n) is 3.33. The fraction of sp³-hybridized carbons (Fsp3) is 0.300. The number of carbonyl (C=O) groups excluding carboxylic acids is 1. The summed E-state index contributed by atoms with van der Waals surface area (Å²) in [6.07, 6.45) is 0. The Morgan fingerprint density at radius 1 is 1.35 bits per heavy atom. The summed E-state index contributed by atoms with van der Waals surface area (Å²) < 4.78 is 39.0. The lowest BCUT2D eigenvalue weighted by Crippen LogP contribution is -2.30. The molecule has 0 saturated heterocycles. The van der Waals surface area contributed by atoms with Crippen molar-refractivity contribution >= 4 is 5.91 Å². The van der Waals surface area contributed by atoms with Crippen molar-refractivity contribution in [3.05, 3.63) is 29.1 Å². The number of benzene rings is 1. The maximum Gasteiger partial charge on any atom is 0.256 e. The molecule has 4 nitrogen and oxygen atoms in total. The third kappa shape index (κ3) is 2.50. The van der Waals surface area contributed by atoms with E-state index in [0.717, 1.165) is 4.90 Å². The third-order valence-corrected chi connectivity index (χ3v) is 2.15. The average Bonchev–Trinajstić information content (AvgIpc) is 2.30. The number of amides is 1. The van der Waals surface area contributed by atoms with Gasteiger partial charge in [0.25, 0.3) is 5.91 Å². The number of likely N-dealkylation sites (N-methyl/N-ethyl adjacent to an activating group) is 1. The minimum Gasteiger partial charge on any atom is -0.503 e. The summed E-state index contributed by atoms with van der Waals surface area (Å²) in [5, 5.41) is 17.5. The molecule has 0 spiro atoms. The molecule has 0 aromatic heterocycles. The van der Waals surface area contributed by atoms with Gasteiger partial charge in [0, 0.05) is 13.6 Å². The minimum atomic E-state index is -1.75. The zero-order chi connectivity index (χ0) is 13.2. The maximum absolute atomic E-state index is 13.3. The van der Waals surface area contributed by atoms with Crippen LogP contribution in [0.4, 0.5) is 13.2 Å². The van der Waals surface area contributed by atoms with Crippen molar-refractivity contribution in [1.29, 1.82) is 0 Å². The highest BCUT2D eigenvalue weighted by molar-refractivity contribution is 5.94. The molecule has 0 atom stereocenters. The second kappa shape index (κ2) is 5.05. The van der Waals surface area contributed by atoms with Gasteiger partial charge in [0.1, 0.15) is 0 Å². The maximum atomic E-state index is 13.3. The van der Waals surface area contributed by atoms with Crippen molar-refractivity contribution in [3.63, 3.8) is 0 Å². The molecule has 0 saturated carbocycles. The summed E-state index contributed by atoms with van der Waals surface area (Å²) >= 11 is 0. The largest absolute Gasteiger partial charge is 0.503 e. The summed E-state index contributed by atoms with van der Waals surface area (Å²) in [6.45, 7) is -0.461. The number of aliphatic hydroxyl groups excluding tert-OH is 1. The third-order valence-electron chi connectivity index (χ3n) is 2.15. The van der Waals surface area contributed by atoms with Crippen LogP contribution < -0.4 is 0 Å². The van der Waals surface area contributed by atoms with Gasteiger partial charge in [-0.15, -0.1) is 0 Å². The molecule has 0 heterocycles. The molecule has 1 amide bonds.